The van der Waals surface area contributed by atoms with E-state index in [1.807, 2.05) is 16.9 Å². The molecule has 0 spiro atoms. The number of hydrogen-bond donors (Lipinski definition) is 2. The van der Waals surface area contributed by atoms with Gasteiger partial charge in [0.15, 0.2) is 0 Å². The number of likely N-dealkylation sites (tertiary alicyclic amines) is 1. The molecule has 5 rings (SSSR count). The summed E-state index contributed by atoms with van der Waals surface area (Å²) in [6, 6.07) is 2.64. The van der Waals surface area contributed by atoms with Crippen LogP contribution in [-0.4, -0.2) is 53.8 Å². The minimum atomic E-state index is 0.461. The maximum Gasteiger partial charge on any atom is 0.200 e. The number of aromatic nitrogens is 6. The molecular weight excluding hydrogens is 316 g/mol. The molecule has 2 aliphatic rings. The first kappa shape index (κ1) is 14.8. The molecule has 4 heterocycles. The zero-order chi connectivity index (χ0) is 16.6. The van der Waals surface area contributed by atoms with Gasteiger partial charge in [0.25, 0.3) is 0 Å². The number of piperidine rings is 1. The Labute approximate surface area is 145 Å². The van der Waals surface area contributed by atoms with Gasteiger partial charge in [-0.3, -0.25) is 4.90 Å². The zero-order valence-electron chi connectivity index (χ0n) is 14.1. The average molecular weight is 338 g/mol. The number of fused-ring (bicyclic) bond motifs is 1. The molecule has 0 unspecified atom stereocenters. The van der Waals surface area contributed by atoms with Gasteiger partial charge in [-0.25, -0.2) is 4.98 Å². The maximum absolute atomic E-state index is 4.64. The van der Waals surface area contributed by atoms with Gasteiger partial charge in [0.2, 0.25) is 5.65 Å². The van der Waals surface area contributed by atoms with Crippen LogP contribution in [0.2, 0.25) is 0 Å². The highest BCUT2D eigenvalue weighted by molar-refractivity contribution is 5.67. The Balaban J connectivity index is 1.27. The Hall–Kier alpha value is -2.48. The van der Waals surface area contributed by atoms with Gasteiger partial charge in [-0.15, -0.1) is 10.2 Å². The van der Waals surface area contributed by atoms with Crippen LogP contribution < -0.4 is 5.32 Å². The SMILES string of the molecule is c1c[nH]c(CN2CCC(Nc3cc(C4CC4)nn4cnnc34)CC2)n1. The summed E-state index contributed by atoms with van der Waals surface area (Å²) in [6.45, 7) is 3.04. The fourth-order valence-electron chi connectivity index (χ4n) is 3.58. The lowest BCUT2D eigenvalue weighted by Gasteiger charge is -2.32. The number of anilines is 1. The van der Waals surface area contributed by atoms with Gasteiger partial charge in [0.05, 0.1) is 17.9 Å². The lowest BCUT2D eigenvalue weighted by molar-refractivity contribution is 0.207. The first-order valence-electron chi connectivity index (χ1n) is 9.03. The molecule has 0 atom stereocenters. The molecular formula is C17H22N8. The molecule has 0 bridgehead atoms. The van der Waals surface area contributed by atoms with Crippen LogP contribution in [0.4, 0.5) is 5.69 Å². The number of nitrogens with zero attached hydrogens (tertiary/aromatic N) is 6. The second-order valence-corrected chi connectivity index (χ2v) is 7.09. The lowest BCUT2D eigenvalue weighted by atomic mass is 10.0. The van der Waals surface area contributed by atoms with E-state index in [-0.39, 0.29) is 0 Å². The maximum atomic E-state index is 4.64. The van der Waals surface area contributed by atoms with Crippen LogP contribution in [-0.2, 0) is 6.54 Å². The number of imidazole rings is 1. The zero-order valence-corrected chi connectivity index (χ0v) is 14.1. The highest BCUT2D eigenvalue weighted by Gasteiger charge is 2.27. The Morgan fingerprint density at radius 2 is 2.08 bits per heavy atom. The third-order valence-corrected chi connectivity index (χ3v) is 5.16. The molecule has 3 aromatic rings. The predicted molar refractivity (Wildman–Crippen MR) is 93.3 cm³/mol. The van der Waals surface area contributed by atoms with E-state index in [2.05, 4.69) is 41.5 Å². The van der Waals surface area contributed by atoms with E-state index in [0.717, 1.165) is 55.3 Å². The van der Waals surface area contributed by atoms with E-state index in [9.17, 15) is 0 Å². The van der Waals surface area contributed by atoms with E-state index in [1.54, 1.807) is 6.33 Å². The molecule has 0 radical (unpaired) electrons. The normalized spacial score (nSPS) is 19.5. The summed E-state index contributed by atoms with van der Waals surface area (Å²) in [5.74, 6) is 1.65. The predicted octanol–water partition coefficient (Wildman–Crippen LogP) is 1.80. The van der Waals surface area contributed by atoms with Crippen LogP contribution in [0.3, 0.4) is 0 Å². The van der Waals surface area contributed by atoms with Crippen molar-refractivity contribution in [1.82, 2.24) is 34.7 Å². The number of nitrogens with one attached hydrogen (secondary N) is 2. The van der Waals surface area contributed by atoms with E-state index in [4.69, 9.17) is 0 Å². The van der Waals surface area contributed by atoms with Crippen molar-refractivity contribution in [1.29, 1.82) is 0 Å². The molecule has 8 nitrogen and oxygen atoms in total. The largest absolute Gasteiger partial charge is 0.379 e. The van der Waals surface area contributed by atoms with Crippen LogP contribution >= 0.6 is 0 Å². The van der Waals surface area contributed by atoms with Gasteiger partial charge < -0.3 is 10.3 Å². The van der Waals surface area contributed by atoms with Crippen LogP contribution in [0.15, 0.2) is 24.8 Å². The second kappa shape index (κ2) is 6.11. The molecule has 1 saturated heterocycles. The molecule has 2 fully saturated rings. The monoisotopic (exact) mass is 338 g/mol. The molecule has 8 heteroatoms. The highest BCUT2D eigenvalue weighted by atomic mass is 15.4. The van der Waals surface area contributed by atoms with E-state index < -0.39 is 0 Å². The third kappa shape index (κ3) is 3.09. The number of H-pyrrole nitrogens is 1. The van der Waals surface area contributed by atoms with Crippen molar-refractivity contribution < 1.29 is 0 Å². The van der Waals surface area contributed by atoms with Crippen LogP contribution in [0, 0.1) is 0 Å². The number of hydrogen-bond acceptors (Lipinski definition) is 6. The van der Waals surface area contributed by atoms with Crippen molar-refractivity contribution in [2.45, 2.75) is 44.2 Å². The van der Waals surface area contributed by atoms with Gasteiger partial charge in [-0.1, -0.05) is 0 Å². The lowest BCUT2D eigenvalue weighted by Crippen LogP contribution is -2.39. The molecule has 2 N–H and O–H groups in total. The third-order valence-electron chi connectivity index (χ3n) is 5.16. The summed E-state index contributed by atoms with van der Waals surface area (Å²) in [4.78, 5) is 9.95. The van der Waals surface area contributed by atoms with Crippen molar-refractivity contribution in [2.75, 3.05) is 18.4 Å². The van der Waals surface area contributed by atoms with Crippen molar-refractivity contribution in [3.8, 4) is 0 Å². The molecule has 0 aromatic carbocycles. The van der Waals surface area contributed by atoms with Gasteiger partial charge in [-0.05, 0) is 31.7 Å². The fraction of sp³-hybridized carbons (Fsp3) is 0.529. The summed E-state index contributed by atoms with van der Waals surface area (Å²) in [7, 11) is 0. The smallest absolute Gasteiger partial charge is 0.200 e. The standard InChI is InChI=1S/C17H22N8/c1-2-12(1)14-9-15(17-22-20-11-25(17)23-14)21-13-3-7-24(8-4-13)10-16-18-5-6-19-16/h5-6,9,11-13,21H,1-4,7-8,10H2,(H,18,19). The van der Waals surface area contributed by atoms with Crippen LogP contribution in [0.25, 0.3) is 5.65 Å². The van der Waals surface area contributed by atoms with Crippen molar-refractivity contribution in [2.24, 2.45) is 0 Å². The number of aromatic amines is 1. The molecule has 1 saturated carbocycles. The van der Waals surface area contributed by atoms with Gasteiger partial charge in [0, 0.05) is 37.4 Å². The van der Waals surface area contributed by atoms with Crippen LogP contribution in [0.1, 0.15) is 43.1 Å². The molecule has 130 valence electrons. The first-order valence-corrected chi connectivity index (χ1v) is 9.03. The summed E-state index contributed by atoms with van der Waals surface area (Å²) >= 11 is 0. The summed E-state index contributed by atoms with van der Waals surface area (Å²) in [5.41, 5.74) is 3.05. The average Bonchev–Trinajstić information content (AvgIpc) is 3.14. The van der Waals surface area contributed by atoms with Crippen molar-refractivity contribution in [3.63, 3.8) is 0 Å². The van der Waals surface area contributed by atoms with Gasteiger partial charge in [-0.2, -0.15) is 9.61 Å². The van der Waals surface area contributed by atoms with Crippen molar-refractivity contribution in [3.05, 3.63) is 36.3 Å². The minimum Gasteiger partial charge on any atom is -0.379 e. The van der Waals surface area contributed by atoms with Gasteiger partial charge in [0.1, 0.15) is 12.2 Å². The van der Waals surface area contributed by atoms with Crippen LogP contribution in [0.5, 0.6) is 0 Å². The Bertz CT molecular complexity index is 843. The van der Waals surface area contributed by atoms with E-state index in [1.165, 1.54) is 12.8 Å². The Morgan fingerprint density at radius 3 is 2.84 bits per heavy atom. The highest BCUT2D eigenvalue weighted by Crippen LogP contribution is 2.40. The Kier molecular flexibility index (Phi) is 3.62. The second-order valence-electron chi connectivity index (χ2n) is 7.09. The van der Waals surface area contributed by atoms with E-state index in [0.29, 0.717) is 12.0 Å². The Morgan fingerprint density at radius 1 is 1.20 bits per heavy atom. The summed E-state index contributed by atoms with van der Waals surface area (Å²) in [5, 5.41) is 16.6. The minimum absolute atomic E-state index is 0.461. The quantitative estimate of drug-likeness (QED) is 0.738. The molecule has 3 aromatic heterocycles. The van der Waals surface area contributed by atoms with E-state index >= 15 is 0 Å². The summed E-state index contributed by atoms with van der Waals surface area (Å²) < 4.78 is 1.81. The molecule has 0 amide bonds. The molecule has 25 heavy (non-hydrogen) atoms. The van der Waals surface area contributed by atoms with Crippen molar-refractivity contribution >= 4 is 11.3 Å². The number of rotatable bonds is 5. The fourth-order valence-corrected chi connectivity index (χ4v) is 3.58. The summed E-state index contributed by atoms with van der Waals surface area (Å²) in [6.07, 6.45) is 10.1. The molecule has 1 aliphatic carbocycles. The first-order chi connectivity index (χ1) is 12.3. The molecule has 1 aliphatic heterocycles. The topological polar surface area (TPSA) is 87.0 Å². The van der Waals surface area contributed by atoms with Gasteiger partial charge >= 0.3 is 0 Å².